The molecule has 3 aromatic rings. The maximum absolute atomic E-state index is 12.6. The zero-order chi connectivity index (χ0) is 17.8. The Balaban J connectivity index is 1.84. The molecular formula is C19H16ClN3O2. The lowest BCUT2D eigenvalue weighted by Crippen LogP contribution is -2.29. The largest absolute Gasteiger partial charge is 0.310 e. The summed E-state index contributed by atoms with van der Waals surface area (Å²) < 4.78 is 1.49. The van der Waals surface area contributed by atoms with Gasteiger partial charge in [0, 0.05) is 16.9 Å². The van der Waals surface area contributed by atoms with E-state index in [2.05, 4.69) is 10.3 Å². The Hall–Kier alpha value is -2.92. The standard InChI is InChI=1S/C19H16ClN3O2/c1-13-4-2-6-17(21-13)22-18(24)16-5-3-11-23(19(16)25)12-14-7-9-15(20)10-8-14/h2-11H,12H2,1H3,(H,21,22,24). The van der Waals surface area contributed by atoms with Crippen molar-refractivity contribution >= 4 is 23.3 Å². The monoisotopic (exact) mass is 353 g/mol. The van der Waals surface area contributed by atoms with Gasteiger partial charge in [-0.15, -0.1) is 0 Å². The number of hydrogen-bond acceptors (Lipinski definition) is 3. The van der Waals surface area contributed by atoms with Gasteiger partial charge in [0.2, 0.25) is 0 Å². The Labute approximate surface area is 149 Å². The van der Waals surface area contributed by atoms with Crippen LogP contribution < -0.4 is 10.9 Å². The number of pyridine rings is 2. The number of rotatable bonds is 4. The number of aryl methyl sites for hydroxylation is 1. The zero-order valence-corrected chi connectivity index (χ0v) is 14.3. The number of nitrogens with zero attached hydrogens (tertiary/aromatic N) is 2. The molecule has 0 unspecified atom stereocenters. The van der Waals surface area contributed by atoms with Gasteiger partial charge >= 0.3 is 0 Å². The Morgan fingerprint density at radius 3 is 2.60 bits per heavy atom. The highest BCUT2D eigenvalue weighted by atomic mass is 35.5. The molecule has 0 radical (unpaired) electrons. The molecule has 2 aromatic heterocycles. The quantitative estimate of drug-likeness (QED) is 0.780. The van der Waals surface area contributed by atoms with Crippen LogP contribution in [0.5, 0.6) is 0 Å². The molecule has 1 amide bonds. The maximum Gasteiger partial charge on any atom is 0.263 e. The second kappa shape index (κ2) is 7.32. The molecule has 0 bridgehead atoms. The molecular weight excluding hydrogens is 338 g/mol. The van der Waals surface area contributed by atoms with Crippen LogP contribution >= 0.6 is 11.6 Å². The Bertz CT molecular complexity index is 965. The van der Waals surface area contributed by atoms with E-state index in [1.807, 2.05) is 25.1 Å². The van der Waals surface area contributed by atoms with Crippen LogP contribution in [-0.2, 0) is 6.54 Å². The summed E-state index contributed by atoms with van der Waals surface area (Å²) in [6.07, 6.45) is 1.65. The van der Waals surface area contributed by atoms with Crippen molar-refractivity contribution < 1.29 is 4.79 Å². The molecule has 5 nitrogen and oxygen atoms in total. The summed E-state index contributed by atoms with van der Waals surface area (Å²) in [6, 6.07) is 15.7. The van der Waals surface area contributed by atoms with Crippen LogP contribution in [0.25, 0.3) is 0 Å². The van der Waals surface area contributed by atoms with Crippen LogP contribution in [-0.4, -0.2) is 15.5 Å². The topological polar surface area (TPSA) is 64.0 Å². The molecule has 0 aliphatic rings. The molecule has 0 atom stereocenters. The number of carbonyl (C=O) groups is 1. The van der Waals surface area contributed by atoms with Crippen molar-refractivity contribution in [3.63, 3.8) is 0 Å². The first-order valence-electron chi connectivity index (χ1n) is 7.72. The predicted molar refractivity (Wildman–Crippen MR) is 98.2 cm³/mol. The molecule has 1 aromatic carbocycles. The second-order valence-corrected chi connectivity index (χ2v) is 6.04. The van der Waals surface area contributed by atoms with E-state index in [1.165, 1.54) is 10.6 Å². The molecule has 25 heavy (non-hydrogen) atoms. The smallest absolute Gasteiger partial charge is 0.263 e. The first kappa shape index (κ1) is 16.9. The van der Waals surface area contributed by atoms with Crippen LogP contribution in [0, 0.1) is 6.92 Å². The zero-order valence-electron chi connectivity index (χ0n) is 13.6. The normalized spacial score (nSPS) is 10.5. The molecule has 1 N–H and O–H groups in total. The number of aromatic nitrogens is 2. The Morgan fingerprint density at radius 2 is 1.88 bits per heavy atom. The number of carbonyl (C=O) groups excluding carboxylic acids is 1. The third-order valence-corrected chi connectivity index (χ3v) is 3.91. The summed E-state index contributed by atoms with van der Waals surface area (Å²) in [5.74, 6) is -0.0638. The minimum absolute atomic E-state index is 0.0692. The van der Waals surface area contributed by atoms with E-state index in [4.69, 9.17) is 11.6 Å². The van der Waals surface area contributed by atoms with E-state index in [-0.39, 0.29) is 11.1 Å². The van der Waals surface area contributed by atoms with Crippen LogP contribution in [0.1, 0.15) is 21.6 Å². The van der Waals surface area contributed by atoms with Gasteiger partial charge in [0.05, 0.1) is 6.54 Å². The van der Waals surface area contributed by atoms with Gasteiger partial charge in [0.15, 0.2) is 0 Å². The molecule has 3 rings (SSSR count). The Morgan fingerprint density at radius 1 is 1.12 bits per heavy atom. The van der Waals surface area contributed by atoms with Gasteiger partial charge in [0.25, 0.3) is 11.5 Å². The summed E-state index contributed by atoms with van der Waals surface area (Å²) in [5, 5.41) is 3.29. The Kier molecular flexibility index (Phi) is 4.95. The van der Waals surface area contributed by atoms with Gasteiger partial charge in [-0.1, -0.05) is 29.8 Å². The second-order valence-electron chi connectivity index (χ2n) is 5.60. The average Bonchev–Trinajstić information content (AvgIpc) is 2.58. The van der Waals surface area contributed by atoms with Gasteiger partial charge < -0.3 is 9.88 Å². The lowest BCUT2D eigenvalue weighted by atomic mass is 10.2. The fourth-order valence-electron chi connectivity index (χ4n) is 2.42. The van der Waals surface area contributed by atoms with Crippen molar-refractivity contribution in [1.82, 2.24) is 9.55 Å². The maximum atomic E-state index is 12.6. The van der Waals surface area contributed by atoms with Crippen molar-refractivity contribution in [2.24, 2.45) is 0 Å². The first-order chi connectivity index (χ1) is 12.0. The summed E-state index contributed by atoms with van der Waals surface area (Å²) in [5.41, 5.74) is 1.41. The molecule has 0 saturated carbocycles. The van der Waals surface area contributed by atoms with Crippen LogP contribution in [0.4, 0.5) is 5.82 Å². The average molecular weight is 354 g/mol. The number of halogens is 1. The summed E-state index contributed by atoms with van der Waals surface area (Å²) >= 11 is 5.87. The molecule has 0 spiro atoms. The van der Waals surface area contributed by atoms with Crippen LogP contribution in [0.15, 0.2) is 65.6 Å². The SMILES string of the molecule is Cc1cccc(NC(=O)c2cccn(Cc3ccc(Cl)cc3)c2=O)n1. The summed E-state index contributed by atoms with van der Waals surface area (Å²) in [4.78, 5) is 29.2. The van der Waals surface area contributed by atoms with Crippen LogP contribution in [0.2, 0.25) is 5.02 Å². The van der Waals surface area contributed by atoms with Gasteiger partial charge in [-0.3, -0.25) is 9.59 Å². The number of nitrogens with one attached hydrogen (secondary N) is 1. The highest BCUT2D eigenvalue weighted by Gasteiger charge is 2.13. The van der Waals surface area contributed by atoms with Crippen molar-refractivity contribution in [2.45, 2.75) is 13.5 Å². The minimum Gasteiger partial charge on any atom is -0.310 e. The summed E-state index contributed by atoms with van der Waals surface area (Å²) in [6.45, 7) is 2.19. The fourth-order valence-corrected chi connectivity index (χ4v) is 2.54. The van der Waals surface area contributed by atoms with Gasteiger partial charge in [0.1, 0.15) is 11.4 Å². The molecule has 0 fully saturated rings. The molecule has 0 aliphatic heterocycles. The van der Waals surface area contributed by atoms with Crippen molar-refractivity contribution in [3.05, 3.63) is 93.0 Å². The van der Waals surface area contributed by atoms with E-state index in [0.717, 1.165) is 11.3 Å². The first-order valence-corrected chi connectivity index (χ1v) is 8.09. The molecule has 126 valence electrons. The van der Waals surface area contributed by atoms with E-state index in [0.29, 0.717) is 17.4 Å². The van der Waals surface area contributed by atoms with Gasteiger partial charge in [-0.25, -0.2) is 4.98 Å². The lowest BCUT2D eigenvalue weighted by molar-refractivity contribution is 0.102. The molecule has 0 aliphatic carbocycles. The fraction of sp³-hybridized carbons (Fsp3) is 0.105. The number of amides is 1. The highest BCUT2D eigenvalue weighted by Crippen LogP contribution is 2.10. The van der Waals surface area contributed by atoms with E-state index < -0.39 is 5.91 Å². The third kappa shape index (κ3) is 4.14. The van der Waals surface area contributed by atoms with E-state index in [1.54, 1.807) is 36.5 Å². The summed E-state index contributed by atoms with van der Waals surface area (Å²) in [7, 11) is 0. The molecule has 2 heterocycles. The third-order valence-electron chi connectivity index (χ3n) is 3.66. The van der Waals surface area contributed by atoms with Crippen molar-refractivity contribution in [2.75, 3.05) is 5.32 Å². The van der Waals surface area contributed by atoms with Gasteiger partial charge in [-0.2, -0.15) is 0 Å². The number of hydrogen-bond donors (Lipinski definition) is 1. The minimum atomic E-state index is -0.478. The predicted octanol–water partition coefficient (Wildman–Crippen LogP) is 3.51. The lowest BCUT2D eigenvalue weighted by Gasteiger charge is -2.09. The number of benzene rings is 1. The van der Waals surface area contributed by atoms with Gasteiger partial charge in [-0.05, 0) is 48.9 Å². The van der Waals surface area contributed by atoms with Crippen molar-refractivity contribution in [1.29, 1.82) is 0 Å². The highest BCUT2D eigenvalue weighted by molar-refractivity contribution is 6.30. The van der Waals surface area contributed by atoms with E-state index >= 15 is 0 Å². The molecule has 0 saturated heterocycles. The van der Waals surface area contributed by atoms with Crippen molar-refractivity contribution in [3.8, 4) is 0 Å². The van der Waals surface area contributed by atoms with E-state index in [9.17, 15) is 9.59 Å². The molecule has 6 heteroatoms. The number of anilines is 1. The van der Waals surface area contributed by atoms with Crippen LogP contribution in [0.3, 0.4) is 0 Å².